The third-order valence-corrected chi connectivity index (χ3v) is 7.35. The van der Waals surface area contributed by atoms with Crippen LogP contribution in [0.1, 0.15) is 43.9 Å². The van der Waals surface area contributed by atoms with Gasteiger partial charge in [0.25, 0.3) is 0 Å². The number of anilines is 1. The number of H-pyrrole nitrogens is 1. The molecule has 2 aliphatic rings. The molecule has 0 radical (unpaired) electrons. The highest BCUT2D eigenvalue weighted by Gasteiger charge is 2.42. The Hall–Kier alpha value is -3.32. The second-order valence-electron chi connectivity index (χ2n) is 9.59. The molecule has 1 aliphatic carbocycles. The Bertz CT molecular complexity index is 1400. The summed E-state index contributed by atoms with van der Waals surface area (Å²) in [4.78, 5) is 21.6. The first-order valence-corrected chi connectivity index (χ1v) is 12.2. The number of thioether (sulfide) groups is 1. The topological polar surface area (TPSA) is 75.6 Å². The van der Waals surface area contributed by atoms with Crippen LogP contribution in [-0.4, -0.2) is 25.5 Å². The Labute approximate surface area is 196 Å². The molecular formula is C26H25N5OS. The zero-order valence-corrected chi connectivity index (χ0v) is 19.4. The third kappa shape index (κ3) is 3.56. The molecule has 0 saturated heterocycles. The predicted molar refractivity (Wildman–Crippen MR) is 131 cm³/mol. The minimum Gasteiger partial charge on any atom is -0.361 e. The number of benzene rings is 2. The highest BCUT2D eigenvalue weighted by atomic mass is 32.2. The second kappa shape index (κ2) is 7.63. The number of fused-ring (bicyclic) bond motifs is 2. The zero-order chi connectivity index (χ0) is 22.6. The fourth-order valence-electron chi connectivity index (χ4n) is 4.98. The monoisotopic (exact) mass is 455 g/mol. The van der Waals surface area contributed by atoms with E-state index < -0.39 is 0 Å². The Balaban J connectivity index is 1.45. The first-order valence-electron chi connectivity index (χ1n) is 11.2. The minimum absolute atomic E-state index is 0.0826. The molecule has 0 spiro atoms. The third-order valence-electron chi connectivity index (χ3n) is 6.44. The van der Waals surface area contributed by atoms with Crippen LogP contribution in [0, 0.1) is 5.41 Å². The summed E-state index contributed by atoms with van der Waals surface area (Å²) in [6.07, 6.45) is 3.36. The lowest BCUT2D eigenvalue weighted by Gasteiger charge is -2.38. The molecule has 0 amide bonds. The Morgan fingerprint density at radius 2 is 1.88 bits per heavy atom. The van der Waals surface area contributed by atoms with Gasteiger partial charge < -0.3 is 10.3 Å². The van der Waals surface area contributed by atoms with Crippen molar-refractivity contribution in [2.24, 2.45) is 5.41 Å². The van der Waals surface area contributed by atoms with Gasteiger partial charge in [0.1, 0.15) is 6.04 Å². The second-order valence-corrected chi connectivity index (χ2v) is 10.5. The number of Topliss-reactive ketones (excluding diaryl/α,β-unsaturated/α-hetero) is 1. The van der Waals surface area contributed by atoms with Gasteiger partial charge in [0, 0.05) is 46.1 Å². The van der Waals surface area contributed by atoms with Crippen LogP contribution in [-0.2, 0) is 10.5 Å². The van der Waals surface area contributed by atoms with Crippen molar-refractivity contribution in [1.29, 1.82) is 0 Å². The molecule has 2 aromatic heterocycles. The maximum absolute atomic E-state index is 13.4. The van der Waals surface area contributed by atoms with Crippen LogP contribution in [0.3, 0.4) is 0 Å². The number of rotatable bonds is 4. The quantitative estimate of drug-likeness (QED) is 0.386. The molecule has 6 nitrogen and oxygen atoms in total. The smallest absolute Gasteiger partial charge is 0.227 e. The van der Waals surface area contributed by atoms with Crippen LogP contribution in [0.5, 0.6) is 0 Å². The number of hydrogen-bond donors (Lipinski definition) is 2. The fourth-order valence-corrected chi connectivity index (χ4v) is 5.77. The van der Waals surface area contributed by atoms with Crippen LogP contribution in [0.25, 0.3) is 10.9 Å². The van der Waals surface area contributed by atoms with E-state index in [2.05, 4.69) is 48.4 Å². The van der Waals surface area contributed by atoms with E-state index in [4.69, 9.17) is 10.1 Å². The number of carbonyl (C=O) groups is 1. The van der Waals surface area contributed by atoms with E-state index in [1.807, 2.05) is 41.2 Å². The number of para-hydroxylation sites is 1. The number of allylic oxidation sites excluding steroid dienone is 2. The summed E-state index contributed by atoms with van der Waals surface area (Å²) >= 11 is 1.61. The summed E-state index contributed by atoms with van der Waals surface area (Å²) in [5, 5.41) is 10.2. The normalized spacial score (nSPS) is 19.3. The van der Waals surface area contributed by atoms with Crippen molar-refractivity contribution in [3.8, 4) is 0 Å². The van der Waals surface area contributed by atoms with Gasteiger partial charge in [-0.3, -0.25) is 4.79 Å². The van der Waals surface area contributed by atoms with Gasteiger partial charge in [0.15, 0.2) is 5.78 Å². The number of nitrogens with zero attached hydrogens (tertiary/aromatic N) is 3. The number of ketones is 1. The molecule has 0 bridgehead atoms. The maximum atomic E-state index is 13.4. The maximum Gasteiger partial charge on any atom is 0.227 e. The largest absolute Gasteiger partial charge is 0.361 e. The first-order chi connectivity index (χ1) is 16.0. The number of carbonyl (C=O) groups excluding carboxylic acids is 1. The fraction of sp³-hybridized carbons (Fsp3) is 0.269. The molecule has 2 N–H and O–H groups in total. The van der Waals surface area contributed by atoms with Crippen molar-refractivity contribution >= 4 is 34.4 Å². The van der Waals surface area contributed by atoms with Crippen molar-refractivity contribution in [3.63, 3.8) is 0 Å². The molecule has 0 fully saturated rings. The lowest BCUT2D eigenvalue weighted by atomic mass is 9.73. The highest BCUT2D eigenvalue weighted by molar-refractivity contribution is 7.98. The van der Waals surface area contributed by atoms with Gasteiger partial charge in [0.05, 0.1) is 0 Å². The van der Waals surface area contributed by atoms with Crippen molar-refractivity contribution in [2.75, 3.05) is 5.32 Å². The van der Waals surface area contributed by atoms with E-state index in [1.165, 1.54) is 5.56 Å². The standard InChI is InChI=1S/C26H25N5OS/c1-26(2)12-20-22(21(32)13-26)23(18-14-27-19-11-7-6-10-17(18)19)31-24(28-20)29-25(30-31)33-15-16-8-4-3-5-9-16/h3-11,14,23,27H,12-13,15H2,1-2H3,(H,28,29,30). The first kappa shape index (κ1) is 20.3. The van der Waals surface area contributed by atoms with E-state index in [9.17, 15) is 4.79 Å². The van der Waals surface area contributed by atoms with Gasteiger partial charge in [-0.25, -0.2) is 4.68 Å². The summed E-state index contributed by atoms with van der Waals surface area (Å²) in [6.45, 7) is 4.30. The summed E-state index contributed by atoms with van der Waals surface area (Å²) < 4.78 is 1.90. The molecule has 0 saturated carbocycles. The number of hydrogen-bond acceptors (Lipinski definition) is 5. The average molecular weight is 456 g/mol. The van der Waals surface area contributed by atoms with Gasteiger partial charge in [0.2, 0.25) is 11.1 Å². The van der Waals surface area contributed by atoms with Crippen molar-refractivity contribution in [1.82, 2.24) is 19.7 Å². The van der Waals surface area contributed by atoms with Crippen LogP contribution < -0.4 is 5.32 Å². The molecule has 33 heavy (non-hydrogen) atoms. The molecule has 1 aliphatic heterocycles. The highest BCUT2D eigenvalue weighted by Crippen LogP contribution is 2.46. The molecule has 166 valence electrons. The van der Waals surface area contributed by atoms with E-state index >= 15 is 0 Å². The SMILES string of the molecule is CC1(C)CC(=O)C2=C(C1)Nc1nc(SCc3ccccc3)nn1C2c1c[nH]c2ccccc12. The van der Waals surface area contributed by atoms with Gasteiger partial charge in [-0.1, -0.05) is 74.1 Å². The van der Waals surface area contributed by atoms with E-state index in [0.29, 0.717) is 17.5 Å². The van der Waals surface area contributed by atoms with E-state index in [1.54, 1.807) is 11.8 Å². The minimum atomic E-state index is -0.297. The lowest BCUT2D eigenvalue weighted by Crippen LogP contribution is -2.36. The number of aromatic nitrogens is 4. The van der Waals surface area contributed by atoms with E-state index in [0.717, 1.165) is 39.9 Å². The summed E-state index contributed by atoms with van der Waals surface area (Å²) in [6, 6.07) is 18.2. The zero-order valence-electron chi connectivity index (χ0n) is 18.6. The molecule has 4 aromatic rings. The van der Waals surface area contributed by atoms with Crippen LogP contribution in [0.15, 0.2) is 77.2 Å². The predicted octanol–water partition coefficient (Wildman–Crippen LogP) is 5.71. The van der Waals surface area contributed by atoms with Gasteiger partial charge in [-0.15, -0.1) is 5.10 Å². The van der Waals surface area contributed by atoms with Crippen molar-refractivity contribution in [2.45, 2.75) is 43.6 Å². The molecule has 3 heterocycles. The average Bonchev–Trinajstić information content (AvgIpc) is 3.40. The molecule has 2 aromatic carbocycles. The summed E-state index contributed by atoms with van der Waals surface area (Å²) in [5.74, 6) is 1.68. The van der Waals surface area contributed by atoms with Gasteiger partial charge in [-0.05, 0) is 23.5 Å². The Kier molecular flexibility index (Phi) is 4.69. The lowest BCUT2D eigenvalue weighted by molar-refractivity contribution is -0.118. The number of nitrogens with one attached hydrogen (secondary N) is 2. The van der Waals surface area contributed by atoms with Crippen LogP contribution >= 0.6 is 11.8 Å². The molecule has 1 unspecified atom stereocenters. The van der Waals surface area contributed by atoms with Crippen molar-refractivity contribution < 1.29 is 4.79 Å². The molecule has 1 atom stereocenters. The number of aromatic amines is 1. The molecular weight excluding hydrogens is 430 g/mol. The Morgan fingerprint density at radius 1 is 1.09 bits per heavy atom. The molecule has 7 heteroatoms. The van der Waals surface area contributed by atoms with E-state index in [-0.39, 0.29) is 17.2 Å². The summed E-state index contributed by atoms with van der Waals surface area (Å²) in [5.41, 5.74) is 5.05. The van der Waals surface area contributed by atoms with Crippen molar-refractivity contribution in [3.05, 3.63) is 83.2 Å². The van der Waals surface area contributed by atoms with Crippen LogP contribution in [0.4, 0.5) is 5.95 Å². The van der Waals surface area contributed by atoms with Crippen LogP contribution in [0.2, 0.25) is 0 Å². The van der Waals surface area contributed by atoms with Gasteiger partial charge in [-0.2, -0.15) is 4.98 Å². The van der Waals surface area contributed by atoms with Gasteiger partial charge >= 0.3 is 0 Å². The Morgan fingerprint density at radius 3 is 2.73 bits per heavy atom. The molecule has 6 rings (SSSR count). The summed E-state index contributed by atoms with van der Waals surface area (Å²) in [7, 11) is 0.